The van der Waals surface area contributed by atoms with Gasteiger partial charge in [0.1, 0.15) is 0 Å². The van der Waals surface area contributed by atoms with Crippen molar-refractivity contribution in [3.05, 3.63) is 0 Å². The summed E-state index contributed by atoms with van der Waals surface area (Å²) in [6.07, 6.45) is 6.55. The molecule has 0 bridgehead atoms. The van der Waals surface area contributed by atoms with Gasteiger partial charge in [-0.1, -0.05) is 13.8 Å². The van der Waals surface area contributed by atoms with Gasteiger partial charge in [-0.15, -0.1) is 0 Å². The van der Waals surface area contributed by atoms with Gasteiger partial charge in [0.2, 0.25) is 0 Å². The lowest BCUT2D eigenvalue weighted by molar-refractivity contribution is 0.0716. The molecule has 0 aromatic heterocycles. The number of rotatable bonds is 2. The first kappa shape index (κ1) is 10.4. The van der Waals surface area contributed by atoms with E-state index in [0.29, 0.717) is 5.41 Å². The van der Waals surface area contributed by atoms with Crippen molar-refractivity contribution in [2.75, 3.05) is 19.6 Å². The molecule has 2 aliphatic rings. The van der Waals surface area contributed by atoms with Crippen LogP contribution < -0.4 is 5.73 Å². The van der Waals surface area contributed by atoms with Gasteiger partial charge in [-0.05, 0) is 44.1 Å². The first-order valence-corrected chi connectivity index (χ1v) is 6.01. The number of likely N-dealkylation sites (tertiary alicyclic amines) is 1. The molecule has 2 N–H and O–H groups in total. The second-order valence-electron chi connectivity index (χ2n) is 6.19. The molecule has 1 aliphatic heterocycles. The van der Waals surface area contributed by atoms with E-state index in [0.717, 1.165) is 6.54 Å². The zero-order valence-corrected chi connectivity index (χ0v) is 9.68. The Bertz CT molecular complexity index is 206. The van der Waals surface area contributed by atoms with Crippen molar-refractivity contribution in [2.24, 2.45) is 11.1 Å². The topological polar surface area (TPSA) is 29.3 Å². The molecule has 0 amide bonds. The molecule has 1 aliphatic carbocycles. The molecule has 2 heteroatoms. The van der Waals surface area contributed by atoms with Crippen molar-refractivity contribution >= 4 is 0 Å². The molecule has 0 aromatic carbocycles. The molecule has 0 atom stereocenters. The van der Waals surface area contributed by atoms with Crippen LogP contribution in [0.4, 0.5) is 0 Å². The van der Waals surface area contributed by atoms with E-state index in [-0.39, 0.29) is 5.54 Å². The van der Waals surface area contributed by atoms with Crippen LogP contribution >= 0.6 is 0 Å². The van der Waals surface area contributed by atoms with E-state index in [4.69, 9.17) is 5.73 Å². The quantitative estimate of drug-likeness (QED) is 0.732. The molecular formula is C12H24N2. The summed E-state index contributed by atoms with van der Waals surface area (Å²) in [5, 5.41) is 0. The number of nitrogens with two attached hydrogens (primary N) is 1. The summed E-state index contributed by atoms with van der Waals surface area (Å²) in [6.45, 7) is 8.40. The Morgan fingerprint density at radius 1 is 1.14 bits per heavy atom. The van der Waals surface area contributed by atoms with Gasteiger partial charge in [-0.3, -0.25) is 0 Å². The number of hydrogen-bond acceptors (Lipinski definition) is 2. The van der Waals surface area contributed by atoms with Crippen LogP contribution in [-0.4, -0.2) is 30.1 Å². The monoisotopic (exact) mass is 196 g/mol. The smallest absolute Gasteiger partial charge is 0.0283 e. The predicted octanol–water partition coefficient (Wildman–Crippen LogP) is 1.99. The van der Waals surface area contributed by atoms with Gasteiger partial charge in [0.15, 0.2) is 0 Å². The number of nitrogens with zero attached hydrogens (tertiary/aromatic N) is 1. The maximum atomic E-state index is 6.28. The Morgan fingerprint density at radius 3 is 2.36 bits per heavy atom. The Kier molecular flexibility index (Phi) is 2.61. The van der Waals surface area contributed by atoms with Crippen LogP contribution in [0, 0.1) is 5.41 Å². The lowest BCUT2D eigenvalue weighted by atomic mass is 9.76. The van der Waals surface area contributed by atoms with Crippen molar-refractivity contribution in [3.63, 3.8) is 0 Å². The van der Waals surface area contributed by atoms with E-state index < -0.39 is 0 Å². The van der Waals surface area contributed by atoms with Crippen LogP contribution in [0.15, 0.2) is 0 Å². The summed E-state index contributed by atoms with van der Waals surface area (Å²) in [7, 11) is 0. The maximum absolute atomic E-state index is 6.28. The van der Waals surface area contributed by atoms with Crippen molar-refractivity contribution in [1.82, 2.24) is 4.90 Å². The molecule has 0 unspecified atom stereocenters. The van der Waals surface area contributed by atoms with Gasteiger partial charge in [0, 0.05) is 18.6 Å². The first-order chi connectivity index (χ1) is 6.49. The van der Waals surface area contributed by atoms with Gasteiger partial charge in [-0.2, -0.15) is 0 Å². The lowest BCUT2D eigenvalue weighted by Crippen LogP contribution is -2.57. The van der Waals surface area contributed by atoms with Gasteiger partial charge < -0.3 is 10.6 Å². The molecule has 2 nitrogen and oxygen atoms in total. The summed E-state index contributed by atoms with van der Waals surface area (Å²) in [5.74, 6) is 0. The van der Waals surface area contributed by atoms with E-state index in [1.54, 1.807) is 0 Å². The Morgan fingerprint density at radius 2 is 1.86 bits per heavy atom. The fourth-order valence-electron chi connectivity index (χ4n) is 2.91. The van der Waals surface area contributed by atoms with Crippen LogP contribution in [0.3, 0.4) is 0 Å². The standard InChI is InChI=1S/C12H24N2/c1-11(2)5-4-8-14(9-11)10-12(13)6-3-7-12/h3-10,13H2,1-2H3. The molecule has 2 fully saturated rings. The minimum atomic E-state index is 0.174. The van der Waals surface area contributed by atoms with E-state index in [1.165, 1.54) is 45.2 Å². The van der Waals surface area contributed by atoms with Gasteiger partial charge in [0.05, 0.1) is 0 Å². The molecular weight excluding hydrogens is 172 g/mol. The first-order valence-electron chi connectivity index (χ1n) is 6.01. The van der Waals surface area contributed by atoms with Gasteiger partial charge in [-0.25, -0.2) is 0 Å². The fourth-order valence-corrected chi connectivity index (χ4v) is 2.91. The second-order valence-corrected chi connectivity index (χ2v) is 6.19. The predicted molar refractivity (Wildman–Crippen MR) is 60.2 cm³/mol. The molecule has 0 radical (unpaired) electrons. The van der Waals surface area contributed by atoms with E-state index in [9.17, 15) is 0 Å². The van der Waals surface area contributed by atoms with E-state index >= 15 is 0 Å². The maximum Gasteiger partial charge on any atom is 0.0283 e. The van der Waals surface area contributed by atoms with Crippen LogP contribution in [0.1, 0.15) is 46.0 Å². The second kappa shape index (κ2) is 3.49. The van der Waals surface area contributed by atoms with Crippen molar-refractivity contribution in [2.45, 2.75) is 51.5 Å². The van der Waals surface area contributed by atoms with Crippen molar-refractivity contribution in [1.29, 1.82) is 0 Å². The average Bonchev–Trinajstić information content (AvgIpc) is 1.99. The summed E-state index contributed by atoms with van der Waals surface area (Å²) in [4.78, 5) is 2.59. The third-order valence-corrected chi connectivity index (χ3v) is 3.87. The highest BCUT2D eigenvalue weighted by Crippen LogP contribution is 2.33. The Labute approximate surface area is 87.8 Å². The molecule has 14 heavy (non-hydrogen) atoms. The third-order valence-electron chi connectivity index (χ3n) is 3.87. The normalized spacial score (nSPS) is 31.1. The summed E-state index contributed by atoms with van der Waals surface area (Å²) in [5.41, 5.74) is 6.97. The minimum Gasteiger partial charge on any atom is -0.324 e. The van der Waals surface area contributed by atoms with Crippen LogP contribution in [0.2, 0.25) is 0 Å². The highest BCUT2D eigenvalue weighted by atomic mass is 15.2. The molecule has 0 aromatic rings. The number of piperidine rings is 1. The third kappa shape index (κ3) is 2.29. The molecule has 2 rings (SSSR count). The fraction of sp³-hybridized carbons (Fsp3) is 1.00. The molecule has 0 spiro atoms. The highest BCUT2D eigenvalue weighted by Gasteiger charge is 2.36. The van der Waals surface area contributed by atoms with E-state index in [2.05, 4.69) is 18.7 Å². The zero-order valence-electron chi connectivity index (χ0n) is 9.68. The van der Waals surface area contributed by atoms with Gasteiger partial charge in [0.25, 0.3) is 0 Å². The van der Waals surface area contributed by atoms with Crippen molar-refractivity contribution in [3.8, 4) is 0 Å². The highest BCUT2D eigenvalue weighted by molar-refractivity contribution is 4.96. The molecule has 82 valence electrons. The van der Waals surface area contributed by atoms with Crippen LogP contribution in [-0.2, 0) is 0 Å². The van der Waals surface area contributed by atoms with Crippen LogP contribution in [0.25, 0.3) is 0 Å². The molecule has 1 heterocycles. The Balaban J connectivity index is 1.86. The largest absolute Gasteiger partial charge is 0.324 e. The van der Waals surface area contributed by atoms with Crippen LogP contribution in [0.5, 0.6) is 0 Å². The van der Waals surface area contributed by atoms with E-state index in [1.807, 2.05) is 0 Å². The van der Waals surface area contributed by atoms with Crippen molar-refractivity contribution < 1.29 is 0 Å². The summed E-state index contributed by atoms with van der Waals surface area (Å²) >= 11 is 0. The van der Waals surface area contributed by atoms with Gasteiger partial charge >= 0.3 is 0 Å². The average molecular weight is 196 g/mol. The minimum absolute atomic E-state index is 0.174. The molecule has 1 saturated heterocycles. The lowest BCUT2D eigenvalue weighted by Gasteiger charge is -2.46. The SMILES string of the molecule is CC1(C)CCCN(CC2(N)CCC2)C1. The zero-order chi connectivity index (χ0) is 10.2. The molecule has 1 saturated carbocycles. The number of hydrogen-bond donors (Lipinski definition) is 1. The Hall–Kier alpha value is -0.0800. The summed E-state index contributed by atoms with van der Waals surface area (Å²) < 4.78 is 0. The summed E-state index contributed by atoms with van der Waals surface area (Å²) in [6, 6.07) is 0.